The van der Waals surface area contributed by atoms with Gasteiger partial charge in [-0.2, -0.15) is 0 Å². The van der Waals surface area contributed by atoms with Crippen LogP contribution in [0.2, 0.25) is 4.78 Å². The van der Waals surface area contributed by atoms with Gasteiger partial charge in [0, 0.05) is 1.43 Å². The summed E-state index contributed by atoms with van der Waals surface area (Å²) in [6, 6.07) is 0. The molecule has 0 fully saturated rings. The lowest BCUT2D eigenvalue weighted by molar-refractivity contribution is 1.08. The first-order valence-corrected chi connectivity index (χ1v) is 2.89. The largest absolute Gasteiger partial charge is 0.215 e. The summed E-state index contributed by atoms with van der Waals surface area (Å²) < 4.78 is 0.972. The standard InChI is InChI=1S/C3H7.Al.ClH.H2.2H/c1-3-2;;;;;/h3H,1-2H3;;2*1H;;. The molecular weight excluding hydrogens is 98.5 g/mol. The summed E-state index contributed by atoms with van der Waals surface area (Å²) in [5, 5.41) is 0. The van der Waals surface area contributed by atoms with Crippen molar-refractivity contribution in [2.75, 3.05) is 0 Å². The smallest absolute Gasteiger partial charge is 0.147 e. The van der Waals surface area contributed by atoms with Crippen molar-refractivity contribution < 1.29 is 1.43 Å². The van der Waals surface area contributed by atoms with Crippen molar-refractivity contribution in [1.29, 1.82) is 0 Å². The molecule has 0 aliphatic rings. The third-order valence-electron chi connectivity index (χ3n) is 0. The highest BCUT2D eigenvalue weighted by atomic mass is 35.5. The van der Waals surface area contributed by atoms with Gasteiger partial charge in [0.1, 0.15) is 0 Å². The molecule has 0 radical (unpaired) electrons. The van der Waals surface area contributed by atoms with Crippen molar-refractivity contribution in [2.45, 2.75) is 18.6 Å². The molecule has 0 spiro atoms. The quantitative estimate of drug-likeness (QED) is 0.410. The monoisotopic (exact) mass is 110 g/mol. The van der Waals surface area contributed by atoms with E-state index in [9.17, 15) is 0 Å². The Morgan fingerprint density at radius 1 is 1.60 bits per heavy atom. The van der Waals surface area contributed by atoms with Gasteiger partial charge in [-0.15, -0.1) is 12.4 Å². The zero-order valence-corrected chi connectivity index (χ0v) is 6.80. The van der Waals surface area contributed by atoms with Crippen molar-refractivity contribution in [3.63, 3.8) is 0 Å². The molecule has 0 aromatic heterocycles. The van der Waals surface area contributed by atoms with Crippen molar-refractivity contribution in [2.24, 2.45) is 0 Å². The fourth-order valence-electron chi connectivity index (χ4n) is 0. The van der Waals surface area contributed by atoms with E-state index in [0.29, 0.717) is 0 Å². The van der Waals surface area contributed by atoms with E-state index >= 15 is 0 Å². The second kappa shape index (κ2) is 4.82. The number of hydrogen-bond acceptors (Lipinski definition) is 0. The molecule has 0 aliphatic carbocycles. The third-order valence-corrected chi connectivity index (χ3v) is 0. The summed E-state index contributed by atoms with van der Waals surface area (Å²) in [6.45, 7) is 4.46. The van der Waals surface area contributed by atoms with Crippen LogP contribution in [0.5, 0.6) is 0 Å². The maximum absolute atomic E-state index is 2.23. The molecule has 5 heavy (non-hydrogen) atoms. The van der Waals surface area contributed by atoms with Crippen LogP contribution in [0.4, 0.5) is 0 Å². The first-order valence-electron chi connectivity index (χ1n) is 1.73. The van der Waals surface area contributed by atoms with E-state index in [2.05, 4.69) is 13.8 Å². The molecule has 0 atom stereocenters. The SMILES string of the molecule is C[CH](C)[AlH2].Cl.[HH]. The molecular formula is C3H12AlCl. The van der Waals surface area contributed by atoms with Crippen LogP contribution in [0, 0.1) is 0 Å². The predicted octanol–water partition coefficient (Wildman–Crippen LogP) is 1.12. The molecule has 0 aromatic rings. The fraction of sp³-hybridized carbons (Fsp3) is 1.00. The van der Waals surface area contributed by atoms with Crippen molar-refractivity contribution >= 4 is 28.7 Å². The van der Waals surface area contributed by atoms with Gasteiger partial charge < -0.3 is 0 Å². The molecule has 0 unspecified atom stereocenters. The zero-order valence-electron chi connectivity index (χ0n) is 3.99. The molecule has 0 nitrogen and oxygen atoms in total. The minimum absolute atomic E-state index is 0. The highest BCUT2D eigenvalue weighted by Crippen LogP contribution is 1.84. The second-order valence-electron chi connectivity index (χ2n) is 1.73. The van der Waals surface area contributed by atoms with E-state index in [1.165, 1.54) is 16.3 Å². The van der Waals surface area contributed by atoms with Crippen LogP contribution >= 0.6 is 12.4 Å². The number of rotatable bonds is 0. The molecule has 0 N–H and O–H groups in total. The topological polar surface area (TPSA) is 0 Å². The molecule has 0 saturated heterocycles. The van der Waals surface area contributed by atoms with E-state index in [-0.39, 0.29) is 13.8 Å². The Hall–Kier alpha value is 0.822. The van der Waals surface area contributed by atoms with Gasteiger partial charge in [0.25, 0.3) is 0 Å². The molecule has 0 saturated carbocycles. The van der Waals surface area contributed by atoms with Crippen molar-refractivity contribution in [3.05, 3.63) is 0 Å². The summed E-state index contributed by atoms with van der Waals surface area (Å²) >= 11 is 1.35. The van der Waals surface area contributed by atoms with Gasteiger partial charge in [0.05, 0.1) is 0 Å². The van der Waals surface area contributed by atoms with Gasteiger partial charge in [0.2, 0.25) is 16.3 Å². The molecule has 0 aromatic carbocycles. The summed E-state index contributed by atoms with van der Waals surface area (Å²) in [6.07, 6.45) is 0. The first-order chi connectivity index (χ1) is 1.73. The summed E-state index contributed by atoms with van der Waals surface area (Å²) in [7, 11) is 0. The number of halogens is 1. The van der Waals surface area contributed by atoms with Crippen LogP contribution in [0.15, 0.2) is 0 Å². The minimum Gasteiger partial charge on any atom is -0.147 e. The summed E-state index contributed by atoms with van der Waals surface area (Å²) in [4.78, 5) is 0. The highest BCUT2D eigenvalue weighted by molar-refractivity contribution is 6.10. The zero-order chi connectivity index (χ0) is 3.58. The summed E-state index contributed by atoms with van der Waals surface area (Å²) in [5.41, 5.74) is 0. The molecule has 0 heterocycles. The molecule has 0 aliphatic heterocycles. The minimum atomic E-state index is 0. The third kappa shape index (κ3) is 56.8. The van der Waals surface area contributed by atoms with Crippen LogP contribution in [0.3, 0.4) is 0 Å². The fourth-order valence-corrected chi connectivity index (χ4v) is 0. The van der Waals surface area contributed by atoms with Crippen LogP contribution in [-0.4, -0.2) is 16.3 Å². The molecule has 0 rings (SSSR count). The lowest BCUT2D eigenvalue weighted by Crippen LogP contribution is -1.67. The van der Waals surface area contributed by atoms with E-state index in [1.54, 1.807) is 0 Å². The molecule has 0 amide bonds. The van der Waals surface area contributed by atoms with E-state index < -0.39 is 0 Å². The Labute approximate surface area is 49.3 Å². The Morgan fingerprint density at radius 2 is 1.60 bits per heavy atom. The lowest BCUT2D eigenvalue weighted by Gasteiger charge is -1.77. The van der Waals surface area contributed by atoms with Gasteiger partial charge >= 0.3 is 0 Å². The maximum atomic E-state index is 2.23. The van der Waals surface area contributed by atoms with E-state index in [1.807, 2.05) is 0 Å². The van der Waals surface area contributed by atoms with E-state index in [0.717, 1.165) is 4.78 Å². The Balaban J connectivity index is -0.0000000450. The average molecular weight is 111 g/mol. The molecule has 2 heteroatoms. The Morgan fingerprint density at radius 3 is 1.60 bits per heavy atom. The lowest BCUT2D eigenvalue weighted by atomic mass is 10.6. The maximum Gasteiger partial charge on any atom is 0.215 e. The van der Waals surface area contributed by atoms with Crippen LogP contribution in [-0.2, 0) is 0 Å². The normalized spacial score (nSPS) is 7.00. The van der Waals surface area contributed by atoms with Gasteiger partial charge in [-0.25, -0.2) is 0 Å². The number of hydrogen-bond donors (Lipinski definition) is 0. The van der Waals surface area contributed by atoms with Gasteiger partial charge in [-0.1, -0.05) is 18.6 Å². The van der Waals surface area contributed by atoms with Crippen LogP contribution in [0.25, 0.3) is 0 Å². The van der Waals surface area contributed by atoms with Gasteiger partial charge in [0.15, 0.2) is 0 Å². The summed E-state index contributed by atoms with van der Waals surface area (Å²) in [5.74, 6) is 0. The average Bonchev–Trinajstić information content (AvgIpc) is 0.811. The van der Waals surface area contributed by atoms with E-state index in [4.69, 9.17) is 0 Å². The predicted molar refractivity (Wildman–Crippen MR) is 33.0 cm³/mol. The Bertz CT molecular complexity index is 15.5. The second-order valence-corrected chi connectivity index (χ2v) is 4.04. The Kier molecular flexibility index (Phi) is 8.94. The van der Waals surface area contributed by atoms with Crippen LogP contribution < -0.4 is 0 Å². The van der Waals surface area contributed by atoms with Gasteiger partial charge in [-0.3, -0.25) is 0 Å². The molecule has 34 valence electrons. The molecule has 0 bridgehead atoms. The van der Waals surface area contributed by atoms with Crippen LogP contribution in [0.1, 0.15) is 15.3 Å². The highest BCUT2D eigenvalue weighted by Gasteiger charge is 1.70. The van der Waals surface area contributed by atoms with Crippen molar-refractivity contribution in [1.82, 2.24) is 0 Å². The van der Waals surface area contributed by atoms with Crippen molar-refractivity contribution in [3.8, 4) is 0 Å². The first kappa shape index (κ1) is 9.27. The van der Waals surface area contributed by atoms with Gasteiger partial charge in [-0.05, 0) is 0 Å².